The highest BCUT2D eigenvalue weighted by molar-refractivity contribution is 5.24. The summed E-state index contributed by atoms with van der Waals surface area (Å²) in [5, 5.41) is 3.25. The molecule has 0 bridgehead atoms. The molecule has 16 heavy (non-hydrogen) atoms. The van der Waals surface area contributed by atoms with Gasteiger partial charge < -0.3 is 5.32 Å². The molecule has 3 heteroatoms. The number of aromatic nitrogens is 2. The van der Waals surface area contributed by atoms with Crippen molar-refractivity contribution >= 4 is 5.95 Å². The lowest BCUT2D eigenvalue weighted by Crippen LogP contribution is -2.05. The third-order valence-corrected chi connectivity index (χ3v) is 2.61. The maximum Gasteiger partial charge on any atom is 0.222 e. The molecular weight excluding hydrogens is 198 g/mol. The van der Waals surface area contributed by atoms with Gasteiger partial charge >= 0.3 is 0 Å². The van der Waals surface area contributed by atoms with Gasteiger partial charge in [0.1, 0.15) is 0 Å². The molecule has 0 unspecified atom stereocenters. The van der Waals surface area contributed by atoms with Gasteiger partial charge in [0.05, 0.1) is 0 Å². The van der Waals surface area contributed by atoms with E-state index in [1.165, 1.54) is 38.5 Å². The van der Waals surface area contributed by atoms with Crippen LogP contribution in [0.15, 0.2) is 12.3 Å². The summed E-state index contributed by atoms with van der Waals surface area (Å²) in [7, 11) is 0. The van der Waals surface area contributed by atoms with Crippen LogP contribution in [0, 0.1) is 6.92 Å². The van der Waals surface area contributed by atoms with E-state index in [0.29, 0.717) is 0 Å². The van der Waals surface area contributed by atoms with E-state index in [2.05, 4.69) is 22.2 Å². The largest absolute Gasteiger partial charge is 0.354 e. The summed E-state index contributed by atoms with van der Waals surface area (Å²) in [5.41, 5.74) is 1.01. The Hall–Kier alpha value is -1.12. The SMILES string of the molecule is CCCCCCCCNc1nccc(C)n1. The highest BCUT2D eigenvalue weighted by Crippen LogP contribution is 2.05. The van der Waals surface area contributed by atoms with Crippen molar-refractivity contribution in [2.45, 2.75) is 52.4 Å². The maximum atomic E-state index is 4.30. The Bertz CT molecular complexity index is 286. The summed E-state index contributed by atoms with van der Waals surface area (Å²) in [6.45, 7) is 5.21. The predicted molar refractivity (Wildman–Crippen MR) is 68.6 cm³/mol. The molecule has 0 atom stereocenters. The molecule has 0 saturated heterocycles. The zero-order valence-corrected chi connectivity index (χ0v) is 10.5. The molecule has 0 spiro atoms. The van der Waals surface area contributed by atoms with Gasteiger partial charge in [0.2, 0.25) is 5.95 Å². The van der Waals surface area contributed by atoms with Crippen LogP contribution in [0.25, 0.3) is 0 Å². The fourth-order valence-electron chi connectivity index (χ4n) is 1.64. The zero-order chi connectivity index (χ0) is 11.6. The fourth-order valence-corrected chi connectivity index (χ4v) is 1.64. The van der Waals surface area contributed by atoms with Crippen molar-refractivity contribution < 1.29 is 0 Å². The normalized spacial score (nSPS) is 10.4. The Kier molecular flexibility index (Phi) is 6.54. The lowest BCUT2D eigenvalue weighted by atomic mass is 10.1. The lowest BCUT2D eigenvalue weighted by molar-refractivity contribution is 0.616. The average Bonchev–Trinajstić information content (AvgIpc) is 2.28. The van der Waals surface area contributed by atoms with Gasteiger partial charge in [-0.2, -0.15) is 0 Å². The first-order valence-electron chi connectivity index (χ1n) is 6.36. The third-order valence-electron chi connectivity index (χ3n) is 2.61. The zero-order valence-electron chi connectivity index (χ0n) is 10.5. The molecule has 1 aromatic rings. The number of hydrogen-bond donors (Lipinski definition) is 1. The second-order valence-corrected chi connectivity index (χ2v) is 4.22. The fraction of sp³-hybridized carbons (Fsp3) is 0.692. The minimum Gasteiger partial charge on any atom is -0.354 e. The van der Waals surface area contributed by atoms with Gasteiger partial charge in [-0.15, -0.1) is 0 Å². The molecule has 1 N–H and O–H groups in total. The predicted octanol–water partition coefficient (Wildman–Crippen LogP) is 3.56. The summed E-state index contributed by atoms with van der Waals surface area (Å²) >= 11 is 0. The molecule has 0 aromatic carbocycles. The van der Waals surface area contributed by atoms with Crippen molar-refractivity contribution in [3.05, 3.63) is 18.0 Å². The van der Waals surface area contributed by atoms with Crippen LogP contribution in [0.1, 0.15) is 51.1 Å². The van der Waals surface area contributed by atoms with Crippen LogP contribution in [0.5, 0.6) is 0 Å². The lowest BCUT2D eigenvalue weighted by Gasteiger charge is -2.04. The summed E-state index contributed by atoms with van der Waals surface area (Å²) < 4.78 is 0. The monoisotopic (exact) mass is 221 g/mol. The molecule has 1 rings (SSSR count). The second kappa shape index (κ2) is 8.08. The Morgan fingerprint density at radius 2 is 1.88 bits per heavy atom. The number of anilines is 1. The smallest absolute Gasteiger partial charge is 0.222 e. The van der Waals surface area contributed by atoms with Gasteiger partial charge in [-0.1, -0.05) is 39.0 Å². The van der Waals surface area contributed by atoms with Crippen molar-refractivity contribution in [3.63, 3.8) is 0 Å². The van der Waals surface area contributed by atoms with Crippen LogP contribution in [0.3, 0.4) is 0 Å². The summed E-state index contributed by atoms with van der Waals surface area (Å²) in [6.07, 6.45) is 9.72. The molecule has 0 aliphatic carbocycles. The Morgan fingerprint density at radius 1 is 1.12 bits per heavy atom. The third kappa shape index (κ3) is 5.69. The molecule has 0 radical (unpaired) electrons. The van der Waals surface area contributed by atoms with Crippen molar-refractivity contribution in [2.24, 2.45) is 0 Å². The standard InChI is InChI=1S/C13H23N3/c1-3-4-5-6-7-8-10-14-13-15-11-9-12(2)16-13/h9,11H,3-8,10H2,1-2H3,(H,14,15,16). The minimum atomic E-state index is 0.758. The Labute approximate surface area is 98.7 Å². The van der Waals surface area contributed by atoms with E-state index in [9.17, 15) is 0 Å². The van der Waals surface area contributed by atoms with Gasteiger partial charge in [-0.25, -0.2) is 9.97 Å². The van der Waals surface area contributed by atoms with E-state index >= 15 is 0 Å². The Balaban J connectivity index is 2.03. The first-order chi connectivity index (χ1) is 7.83. The molecule has 0 saturated carbocycles. The van der Waals surface area contributed by atoms with E-state index in [0.717, 1.165) is 18.2 Å². The Morgan fingerprint density at radius 3 is 2.62 bits per heavy atom. The van der Waals surface area contributed by atoms with Crippen LogP contribution >= 0.6 is 0 Å². The summed E-state index contributed by atoms with van der Waals surface area (Å²) in [4.78, 5) is 8.46. The van der Waals surface area contributed by atoms with Gasteiger partial charge in [-0.05, 0) is 19.4 Å². The molecule has 1 heterocycles. The highest BCUT2D eigenvalue weighted by Gasteiger charge is 1.95. The molecule has 0 aliphatic heterocycles. The first-order valence-corrected chi connectivity index (χ1v) is 6.36. The summed E-state index contributed by atoms with van der Waals surface area (Å²) in [6, 6.07) is 1.91. The van der Waals surface area contributed by atoms with Crippen LogP contribution in [-0.4, -0.2) is 16.5 Å². The van der Waals surface area contributed by atoms with Gasteiger partial charge in [0, 0.05) is 18.4 Å². The summed E-state index contributed by atoms with van der Waals surface area (Å²) in [5.74, 6) is 0.758. The highest BCUT2D eigenvalue weighted by atomic mass is 15.1. The number of aryl methyl sites for hydroxylation is 1. The van der Waals surface area contributed by atoms with Gasteiger partial charge in [-0.3, -0.25) is 0 Å². The number of rotatable bonds is 8. The van der Waals surface area contributed by atoms with E-state index in [4.69, 9.17) is 0 Å². The van der Waals surface area contributed by atoms with Crippen LogP contribution in [0.2, 0.25) is 0 Å². The maximum absolute atomic E-state index is 4.30. The van der Waals surface area contributed by atoms with Crippen molar-refractivity contribution in [1.82, 2.24) is 9.97 Å². The molecule has 0 aliphatic rings. The molecule has 0 fully saturated rings. The quantitative estimate of drug-likeness (QED) is 0.682. The number of hydrogen-bond acceptors (Lipinski definition) is 3. The molecular formula is C13H23N3. The van der Waals surface area contributed by atoms with E-state index in [-0.39, 0.29) is 0 Å². The van der Waals surface area contributed by atoms with Crippen LogP contribution < -0.4 is 5.32 Å². The van der Waals surface area contributed by atoms with Crippen molar-refractivity contribution in [1.29, 1.82) is 0 Å². The van der Waals surface area contributed by atoms with E-state index in [1.54, 1.807) is 6.20 Å². The van der Waals surface area contributed by atoms with E-state index in [1.807, 2.05) is 13.0 Å². The first kappa shape index (κ1) is 12.9. The van der Waals surface area contributed by atoms with E-state index < -0.39 is 0 Å². The number of nitrogens with zero attached hydrogens (tertiary/aromatic N) is 2. The number of unbranched alkanes of at least 4 members (excludes halogenated alkanes) is 5. The molecule has 1 aromatic heterocycles. The van der Waals surface area contributed by atoms with Crippen LogP contribution in [-0.2, 0) is 0 Å². The number of nitrogens with one attached hydrogen (secondary N) is 1. The molecule has 0 amide bonds. The topological polar surface area (TPSA) is 37.8 Å². The second-order valence-electron chi connectivity index (χ2n) is 4.22. The average molecular weight is 221 g/mol. The molecule has 90 valence electrons. The van der Waals surface area contributed by atoms with Gasteiger partial charge in [0.25, 0.3) is 0 Å². The molecule has 3 nitrogen and oxygen atoms in total. The van der Waals surface area contributed by atoms with Crippen molar-refractivity contribution in [3.8, 4) is 0 Å². The van der Waals surface area contributed by atoms with Crippen LogP contribution in [0.4, 0.5) is 5.95 Å². The minimum absolute atomic E-state index is 0.758. The van der Waals surface area contributed by atoms with Crippen molar-refractivity contribution in [2.75, 3.05) is 11.9 Å². The van der Waals surface area contributed by atoms with Gasteiger partial charge in [0.15, 0.2) is 0 Å².